The van der Waals surface area contributed by atoms with Gasteiger partial charge in [-0.05, 0) is 23.6 Å². The van der Waals surface area contributed by atoms with E-state index in [2.05, 4.69) is 22.8 Å². The Morgan fingerprint density at radius 3 is 2.83 bits per heavy atom. The molecule has 3 rings (SSSR count). The molecular formula is C18H23N3O2. The molecule has 1 aromatic carbocycles. The van der Waals surface area contributed by atoms with Crippen LogP contribution in [-0.4, -0.2) is 23.7 Å². The lowest BCUT2D eigenvalue weighted by molar-refractivity contribution is 0.0910. The summed E-state index contributed by atoms with van der Waals surface area (Å²) in [5.41, 5.74) is 2.27. The topological polar surface area (TPSA) is 55.3 Å². The van der Waals surface area contributed by atoms with Crippen LogP contribution >= 0.6 is 0 Å². The molecule has 0 saturated carbocycles. The van der Waals surface area contributed by atoms with Crippen molar-refractivity contribution in [3.05, 3.63) is 59.9 Å². The van der Waals surface area contributed by atoms with Crippen molar-refractivity contribution in [2.24, 2.45) is 13.0 Å². The van der Waals surface area contributed by atoms with E-state index in [1.807, 2.05) is 48.3 Å². The standard InChI is InChI=1S/C18H23N3O2/c1-21-9-7-14(13-21)11-19-18(22)20-12-16-8-10-23-17(16)15-5-3-2-4-6-15/h2-7,9,13,16-17H,8,10-12H2,1H3,(H2,19,20,22)/t16-,17-/m1/s1. The van der Waals surface area contributed by atoms with Crippen molar-refractivity contribution in [1.29, 1.82) is 0 Å². The number of hydrogen-bond acceptors (Lipinski definition) is 2. The van der Waals surface area contributed by atoms with Crippen molar-refractivity contribution in [1.82, 2.24) is 15.2 Å². The van der Waals surface area contributed by atoms with Gasteiger partial charge in [-0.1, -0.05) is 30.3 Å². The van der Waals surface area contributed by atoms with Crippen LogP contribution in [0.25, 0.3) is 0 Å². The fourth-order valence-corrected chi connectivity index (χ4v) is 2.99. The SMILES string of the molecule is Cn1ccc(CNC(=O)NC[C@H]2CCO[C@@H]2c2ccccc2)c1. The second kappa shape index (κ2) is 7.33. The van der Waals surface area contributed by atoms with E-state index in [1.165, 1.54) is 5.56 Å². The van der Waals surface area contributed by atoms with E-state index in [9.17, 15) is 4.79 Å². The molecule has 23 heavy (non-hydrogen) atoms. The number of nitrogens with zero attached hydrogens (tertiary/aromatic N) is 1. The van der Waals surface area contributed by atoms with Gasteiger partial charge in [0, 0.05) is 45.1 Å². The van der Waals surface area contributed by atoms with E-state index in [4.69, 9.17) is 4.74 Å². The highest BCUT2D eigenvalue weighted by molar-refractivity contribution is 5.73. The Bertz CT molecular complexity index is 639. The zero-order chi connectivity index (χ0) is 16.1. The largest absolute Gasteiger partial charge is 0.373 e. The number of hydrogen-bond donors (Lipinski definition) is 2. The molecule has 2 heterocycles. The van der Waals surface area contributed by atoms with Crippen molar-refractivity contribution >= 4 is 6.03 Å². The van der Waals surface area contributed by atoms with Gasteiger partial charge in [-0.2, -0.15) is 0 Å². The molecule has 1 fully saturated rings. The third-order valence-electron chi connectivity index (χ3n) is 4.21. The van der Waals surface area contributed by atoms with Gasteiger partial charge in [0.1, 0.15) is 0 Å². The predicted molar refractivity (Wildman–Crippen MR) is 88.9 cm³/mol. The predicted octanol–water partition coefficient (Wildman–Crippen LogP) is 2.60. The summed E-state index contributed by atoms with van der Waals surface area (Å²) in [6, 6.07) is 12.1. The molecule has 2 aromatic rings. The van der Waals surface area contributed by atoms with Gasteiger partial charge in [-0.25, -0.2) is 4.79 Å². The van der Waals surface area contributed by atoms with Gasteiger partial charge in [0.2, 0.25) is 0 Å². The first-order valence-electron chi connectivity index (χ1n) is 8.01. The Morgan fingerprint density at radius 2 is 2.09 bits per heavy atom. The zero-order valence-electron chi connectivity index (χ0n) is 13.4. The third kappa shape index (κ3) is 4.13. The summed E-state index contributed by atoms with van der Waals surface area (Å²) in [4.78, 5) is 12.0. The Labute approximate surface area is 136 Å². The first-order chi connectivity index (χ1) is 11.2. The van der Waals surface area contributed by atoms with Gasteiger partial charge in [-0.3, -0.25) is 0 Å². The molecule has 2 amide bonds. The average molecular weight is 313 g/mol. The minimum absolute atomic E-state index is 0.0747. The summed E-state index contributed by atoms with van der Waals surface area (Å²) < 4.78 is 7.81. The Balaban J connectivity index is 1.46. The molecule has 122 valence electrons. The Morgan fingerprint density at radius 1 is 1.26 bits per heavy atom. The van der Waals surface area contributed by atoms with E-state index < -0.39 is 0 Å². The van der Waals surface area contributed by atoms with Crippen LogP contribution in [0.15, 0.2) is 48.8 Å². The number of carbonyl (C=O) groups is 1. The molecule has 0 unspecified atom stereocenters. The molecule has 0 radical (unpaired) electrons. The van der Waals surface area contributed by atoms with Crippen molar-refractivity contribution in [2.45, 2.75) is 19.1 Å². The maximum atomic E-state index is 12.0. The maximum absolute atomic E-state index is 12.0. The highest BCUT2D eigenvalue weighted by atomic mass is 16.5. The smallest absolute Gasteiger partial charge is 0.315 e. The summed E-state index contributed by atoms with van der Waals surface area (Å²) in [6.45, 7) is 1.91. The van der Waals surface area contributed by atoms with Crippen molar-refractivity contribution in [3.8, 4) is 0 Å². The lowest BCUT2D eigenvalue weighted by atomic mass is 9.95. The highest BCUT2D eigenvalue weighted by Crippen LogP contribution is 2.33. The molecule has 1 aliphatic rings. The van der Waals surface area contributed by atoms with Gasteiger partial charge in [0.15, 0.2) is 0 Å². The second-order valence-electron chi connectivity index (χ2n) is 6.00. The monoisotopic (exact) mass is 313 g/mol. The normalized spacial score (nSPS) is 20.4. The fourth-order valence-electron chi connectivity index (χ4n) is 2.99. The van der Waals surface area contributed by atoms with Crippen LogP contribution in [0.5, 0.6) is 0 Å². The van der Waals surface area contributed by atoms with Crippen LogP contribution in [0, 0.1) is 5.92 Å². The highest BCUT2D eigenvalue weighted by Gasteiger charge is 2.29. The second-order valence-corrected chi connectivity index (χ2v) is 6.00. The summed E-state index contributed by atoms with van der Waals surface area (Å²) in [5, 5.41) is 5.85. The fraction of sp³-hybridized carbons (Fsp3) is 0.389. The van der Waals surface area contributed by atoms with Crippen LogP contribution in [0.4, 0.5) is 4.79 Å². The lowest BCUT2D eigenvalue weighted by Gasteiger charge is -2.19. The van der Waals surface area contributed by atoms with Crippen LogP contribution < -0.4 is 10.6 Å². The first kappa shape index (κ1) is 15.6. The van der Waals surface area contributed by atoms with Crippen molar-refractivity contribution in [2.75, 3.05) is 13.2 Å². The van der Waals surface area contributed by atoms with Gasteiger partial charge in [-0.15, -0.1) is 0 Å². The van der Waals surface area contributed by atoms with Crippen molar-refractivity contribution < 1.29 is 9.53 Å². The number of aryl methyl sites for hydroxylation is 1. The number of amides is 2. The van der Waals surface area contributed by atoms with Gasteiger partial charge >= 0.3 is 6.03 Å². The lowest BCUT2D eigenvalue weighted by Crippen LogP contribution is -2.38. The molecule has 5 heteroatoms. The molecule has 5 nitrogen and oxygen atoms in total. The van der Waals surface area contributed by atoms with Gasteiger partial charge < -0.3 is 19.9 Å². The Hall–Kier alpha value is -2.27. The molecule has 0 spiro atoms. The molecular weight excluding hydrogens is 290 g/mol. The van der Waals surface area contributed by atoms with Crippen LogP contribution in [0.1, 0.15) is 23.7 Å². The van der Waals surface area contributed by atoms with Crippen LogP contribution in [-0.2, 0) is 18.3 Å². The number of nitrogens with one attached hydrogen (secondary N) is 2. The Kier molecular flexibility index (Phi) is 4.98. The minimum Gasteiger partial charge on any atom is -0.373 e. The maximum Gasteiger partial charge on any atom is 0.315 e. The van der Waals surface area contributed by atoms with E-state index in [0.29, 0.717) is 19.0 Å². The quantitative estimate of drug-likeness (QED) is 0.891. The third-order valence-corrected chi connectivity index (χ3v) is 4.21. The van der Waals surface area contributed by atoms with E-state index in [-0.39, 0.29) is 12.1 Å². The van der Waals surface area contributed by atoms with E-state index in [0.717, 1.165) is 18.6 Å². The molecule has 1 aromatic heterocycles. The summed E-state index contributed by atoms with van der Waals surface area (Å²) >= 11 is 0. The van der Waals surface area contributed by atoms with Crippen LogP contribution in [0.2, 0.25) is 0 Å². The summed E-state index contributed by atoms with van der Waals surface area (Å²) in [6.07, 6.45) is 5.01. The molecule has 1 saturated heterocycles. The minimum atomic E-state index is -0.132. The number of aromatic nitrogens is 1. The molecule has 0 aliphatic carbocycles. The van der Waals surface area contributed by atoms with E-state index >= 15 is 0 Å². The number of ether oxygens (including phenoxy) is 1. The first-order valence-corrected chi connectivity index (χ1v) is 8.01. The average Bonchev–Trinajstić information content (AvgIpc) is 3.20. The summed E-state index contributed by atoms with van der Waals surface area (Å²) in [5.74, 6) is 0.319. The van der Waals surface area contributed by atoms with Crippen molar-refractivity contribution in [3.63, 3.8) is 0 Å². The summed E-state index contributed by atoms with van der Waals surface area (Å²) in [7, 11) is 1.97. The number of rotatable bonds is 5. The number of benzene rings is 1. The van der Waals surface area contributed by atoms with E-state index in [1.54, 1.807) is 0 Å². The van der Waals surface area contributed by atoms with Gasteiger partial charge in [0.25, 0.3) is 0 Å². The molecule has 2 atom stereocenters. The number of carbonyl (C=O) groups excluding carboxylic acids is 1. The van der Waals surface area contributed by atoms with Gasteiger partial charge in [0.05, 0.1) is 6.10 Å². The van der Waals surface area contributed by atoms with Crippen LogP contribution in [0.3, 0.4) is 0 Å². The molecule has 1 aliphatic heterocycles. The zero-order valence-corrected chi connectivity index (χ0v) is 13.4. The molecule has 0 bridgehead atoms. The molecule has 2 N–H and O–H groups in total. The number of urea groups is 1.